The molecule has 1 aliphatic rings. The van der Waals surface area contributed by atoms with E-state index in [0.29, 0.717) is 5.92 Å². The predicted octanol–water partition coefficient (Wildman–Crippen LogP) is 4.17. The van der Waals surface area contributed by atoms with Crippen LogP contribution in [0.1, 0.15) is 24.4 Å². The number of benzene rings is 2. The Bertz CT molecular complexity index is 669. The van der Waals surface area contributed by atoms with Gasteiger partial charge in [0.25, 0.3) is 0 Å². The van der Waals surface area contributed by atoms with Crippen molar-refractivity contribution in [1.29, 1.82) is 0 Å². The molecule has 0 radical (unpaired) electrons. The Morgan fingerprint density at radius 3 is 2.55 bits per heavy atom. The summed E-state index contributed by atoms with van der Waals surface area (Å²) in [6.45, 7) is 0. The Labute approximate surface area is 129 Å². The molecular weight excluding hydrogens is 280 g/mol. The molecule has 3 rings (SSSR count). The molecular formula is C17H18N2O3. The molecule has 0 bridgehead atoms. The third-order valence-corrected chi connectivity index (χ3v) is 3.95. The highest BCUT2D eigenvalue weighted by molar-refractivity contribution is 5.58. The first-order valence-electron chi connectivity index (χ1n) is 7.33. The monoisotopic (exact) mass is 298 g/mol. The van der Waals surface area contributed by atoms with E-state index in [1.807, 2.05) is 18.2 Å². The molecule has 5 heteroatoms. The molecule has 0 aliphatic heterocycles. The van der Waals surface area contributed by atoms with Gasteiger partial charge in [-0.15, -0.1) is 0 Å². The second kappa shape index (κ2) is 6.05. The van der Waals surface area contributed by atoms with Crippen LogP contribution >= 0.6 is 0 Å². The largest absolute Gasteiger partial charge is 0.490 e. The van der Waals surface area contributed by atoms with Crippen LogP contribution in [0.5, 0.6) is 5.75 Å². The zero-order valence-corrected chi connectivity index (χ0v) is 12.4. The highest BCUT2D eigenvalue weighted by atomic mass is 16.6. The van der Waals surface area contributed by atoms with Crippen LogP contribution in [0.2, 0.25) is 0 Å². The maximum Gasteiger partial charge on any atom is 0.311 e. The third-order valence-electron chi connectivity index (χ3n) is 3.95. The molecule has 1 saturated carbocycles. The Morgan fingerprint density at radius 1 is 1.23 bits per heavy atom. The summed E-state index contributed by atoms with van der Waals surface area (Å²) in [5.41, 5.74) is 2.06. The third kappa shape index (κ3) is 3.03. The summed E-state index contributed by atoms with van der Waals surface area (Å²) in [6, 6.07) is 15.4. The van der Waals surface area contributed by atoms with Gasteiger partial charge in [-0.05, 0) is 30.4 Å². The summed E-state index contributed by atoms with van der Waals surface area (Å²) in [5, 5.41) is 14.5. The number of methoxy groups -OCH3 is 1. The van der Waals surface area contributed by atoms with Crippen molar-refractivity contribution < 1.29 is 9.66 Å². The van der Waals surface area contributed by atoms with E-state index >= 15 is 0 Å². The molecule has 2 aromatic carbocycles. The number of hydrogen-bond acceptors (Lipinski definition) is 4. The van der Waals surface area contributed by atoms with Gasteiger partial charge in [-0.2, -0.15) is 0 Å². The van der Waals surface area contributed by atoms with Crippen molar-refractivity contribution in [2.45, 2.75) is 18.9 Å². The van der Waals surface area contributed by atoms with Gasteiger partial charge >= 0.3 is 5.69 Å². The van der Waals surface area contributed by atoms with Crippen LogP contribution in [0.3, 0.4) is 0 Å². The van der Waals surface area contributed by atoms with Gasteiger partial charge in [0.2, 0.25) is 0 Å². The fourth-order valence-corrected chi connectivity index (χ4v) is 2.66. The molecule has 1 unspecified atom stereocenters. The minimum atomic E-state index is -0.432. The van der Waals surface area contributed by atoms with Crippen molar-refractivity contribution in [3.63, 3.8) is 0 Å². The van der Waals surface area contributed by atoms with E-state index in [4.69, 9.17) is 4.74 Å². The number of hydrogen-bond donors (Lipinski definition) is 1. The molecule has 0 aromatic heterocycles. The van der Waals surface area contributed by atoms with E-state index in [2.05, 4.69) is 17.4 Å². The average Bonchev–Trinajstić information content (AvgIpc) is 3.37. The zero-order chi connectivity index (χ0) is 15.5. The maximum absolute atomic E-state index is 11.0. The fourth-order valence-electron chi connectivity index (χ4n) is 2.66. The summed E-state index contributed by atoms with van der Waals surface area (Å²) in [6.07, 6.45) is 2.41. The van der Waals surface area contributed by atoms with E-state index in [1.165, 1.54) is 31.6 Å². The van der Waals surface area contributed by atoms with Crippen LogP contribution in [0.4, 0.5) is 11.4 Å². The van der Waals surface area contributed by atoms with Gasteiger partial charge in [-0.25, -0.2) is 0 Å². The van der Waals surface area contributed by atoms with Crippen molar-refractivity contribution >= 4 is 11.4 Å². The molecule has 1 atom stereocenters. The first-order chi connectivity index (χ1) is 10.7. The number of nitrogens with zero attached hydrogens (tertiary/aromatic N) is 1. The SMILES string of the molecule is COc1cc(NC(c2ccccc2)C2CC2)ccc1[N+](=O)[O-]. The minimum Gasteiger partial charge on any atom is -0.490 e. The quantitative estimate of drug-likeness (QED) is 0.642. The van der Waals surface area contributed by atoms with Gasteiger partial charge in [0, 0.05) is 17.8 Å². The second-order valence-corrected chi connectivity index (χ2v) is 5.51. The molecule has 0 saturated heterocycles. The number of ether oxygens (including phenoxy) is 1. The van der Waals surface area contributed by atoms with Gasteiger partial charge in [-0.1, -0.05) is 30.3 Å². The lowest BCUT2D eigenvalue weighted by Crippen LogP contribution is -2.13. The van der Waals surface area contributed by atoms with Gasteiger partial charge in [0.15, 0.2) is 5.75 Å². The minimum absolute atomic E-state index is 0.0178. The molecule has 0 spiro atoms. The normalized spacial score (nSPS) is 15.1. The van der Waals surface area contributed by atoms with Crippen LogP contribution in [-0.4, -0.2) is 12.0 Å². The van der Waals surface area contributed by atoms with Crippen LogP contribution in [0.25, 0.3) is 0 Å². The number of nitrogens with one attached hydrogen (secondary N) is 1. The molecule has 5 nitrogen and oxygen atoms in total. The molecule has 2 aromatic rings. The van der Waals surface area contributed by atoms with E-state index in [1.54, 1.807) is 12.1 Å². The van der Waals surface area contributed by atoms with Gasteiger partial charge < -0.3 is 10.1 Å². The fraction of sp³-hybridized carbons (Fsp3) is 0.294. The predicted molar refractivity (Wildman–Crippen MR) is 85.2 cm³/mol. The van der Waals surface area contributed by atoms with Gasteiger partial charge in [-0.3, -0.25) is 10.1 Å². The van der Waals surface area contributed by atoms with Crippen LogP contribution < -0.4 is 10.1 Å². The number of rotatable bonds is 6. The lowest BCUT2D eigenvalue weighted by Gasteiger charge is -2.20. The topological polar surface area (TPSA) is 64.4 Å². The van der Waals surface area contributed by atoms with E-state index in [0.717, 1.165) is 5.69 Å². The maximum atomic E-state index is 11.0. The van der Waals surface area contributed by atoms with Crippen LogP contribution in [0.15, 0.2) is 48.5 Å². The molecule has 1 N–H and O–H groups in total. The van der Waals surface area contributed by atoms with E-state index in [-0.39, 0.29) is 17.5 Å². The molecule has 0 heterocycles. The summed E-state index contributed by atoms with van der Waals surface area (Å²) in [7, 11) is 1.45. The first-order valence-corrected chi connectivity index (χ1v) is 7.33. The van der Waals surface area contributed by atoms with Crippen molar-refractivity contribution in [3.05, 3.63) is 64.2 Å². The standard InChI is InChI=1S/C17H18N2O3/c1-22-16-11-14(9-10-15(16)19(20)21)18-17(13-7-8-13)12-5-3-2-4-6-12/h2-6,9-11,13,17-18H,7-8H2,1H3. The Hall–Kier alpha value is -2.56. The average molecular weight is 298 g/mol. The summed E-state index contributed by atoms with van der Waals surface area (Å²) >= 11 is 0. The summed E-state index contributed by atoms with van der Waals surface area (Å²) < 4.78 is 5.13. The van der Waals surface area contributed by atoms with Crippen LogP contribution in [0, 0.1) is 16.0 Å². The van der Waals surface area contributed by atoms with Crippen LogP contribution in [-0.2, 0) is 0 Å². The van der Waals surface area contributed by atoms with Crippen molar-refractivity contribution in [1.82, 2.24) is 0 Å². The zero-order valence-electron chi connectivity index (χ0n) is 12.4. The van der Waals surface area contributed by atoms with Crippen molar-refractivity contribution in [2.24, 2.45) is 5.92 Å². The summed E-state index contributed by atoms with van der Waals surface area (Å²) in [4.78, 5) is 10.5. The molecule has 0 amide bonds. The van der Waals surface area contributed by atoms with Gasteiger partial charge in [0.1, 0.15) is 0 Å². The second-order valence-electron chi connectivity index (χ2n) is 5.51. The highest BCUT2D eigenvalue weighted by Gasteiger charge is 2.32. The number of nitro groups is 1. The Balaban J connectivity index is 1.86. The summed E-state index contributed by atoms with van der Waals surface area (Å²) in [5.74, 6) is 0.890. The lowest BCUT2D eigenvalue weighted by molar-refractivity contribution is -0.385. The lowest BCUT2D eigenvalue weighted by atomic mass is 10.0. The highest BCUT2D eigenvalue weighted by Crippen LogP contribution is 2.43. The molecule has 1 aliphatic carbocycles. The first kappa shape index (κ1) is 14.4. The van der Waals surface area contributed by atoms with Gasteiger partial charge in [0.05, 0.1) is 18.1 Å². The smallest absolute Gasteiger partial charge is 0.311 e. The number of nitro benzene ring substituents is 1. The molecule has 22 heavy (non-hydrogen) atoms. The Morgan fingerprint density at radius 2 is 1.95 bits per heavy atom. The van der Waals surface area contributed by atoms with Crippen molar-refractivity contribution in [3.8, 4) is 5.75 Å². The number of anilines is 1. The molecule has 1 fully saturated rings. The molecule has 114 valence electrons. The van der Waals surface area contributed by atoms with E-state index in [9.17, 15) is 10.1 Å². The van der Waals surface area contributed by atoms with E-state index < -0.39 is 4.92 Å². The Kier molecular flexibility index (Phi) is 3.96. The van der Waals surface area contributed by atoms with Crippen molar-refractivity contribution in [2.75, 3.05) is 12.4 Å².